The topological polar surface area (TPSA) is 12.0 Å². The van der Waals surface area contributed by atoms with Crippen molar-refractivity contribution in [2.24, 2.45) is 5.92 Å². The van der Waals surface area contributed by atoms with Crippen molar-refractivity contribution in [3.8, 4) is 0 Å². The van der Waals surface area contributed by atoms with Gasteiger partial charge in [0.15, 0.2) is 0 Å². The van der Waals surface area contributed by atoms with Gasteiger partial charge in [-0.1, -0.05) is 44.2 Å². The largest absolute Gasteiger partial charge is 0.378 e. The Hall–Kier alpha value is -1.83. The molecule has 0 spiro atoms. The van der Waals surface area contributed by atoms with Gasteiger partial charge in [-0.2, -0.15) is 0 Å². The van der Waals surface area contributed by atoms with Crippen molar-refractivity contribution in [3.05, 3.63) is 66.0 Å². The summed E-state index contributed by atoms with van der Waals surface area (Å²) in [5, 5.41) is 3.49. The third-order valence-electron chi connectivity index (χ3n) is 3.09. The highest BCUT2D eigenvalue weighted by molar-refractivity contribution is 5.45. The summed E-state index contributed by atoms with van der Waals surface area (Å²) in [6.07, 6.45) is 1.04. The van der Waals surface area contributed by atoms with Gasteiger partial charge in [-0.05, 0) is 42.2 Å². The minimum atomic E-state index is -0.203. The number of hydrogen-bond acceptors (Lipinski definition) is 1. The standard InChI is InChI=1S/C17H20FN/c1-13(2)12-17(14-6-4-3-5-7-14)19-16-10-8-15(18)9-11-16/h3-11,13,17,19H,12H2,1-2H3. The van der Waals surface area contributed by atoms with Crippen molar-refractivity contribution in [3.63, 3.8) is 0 Å². The maximum atomic E-state index is 12.9. The molecule has 2 rings (SSSR count). The fourth-order valence-electron chi connectivity index (χ4n) is 2.18. The van der Waals surface area contributed by atoms with Gasteiger partial charge in [0.1, 0.15) is 5.82 Å². The molecule has 0 saturated carbocycles. The van der Waals surface area contributed by atoms with Gasteiger partial charge in [0.2, 0.25) is 0 Å². The minimum absolute atomic E-state index is 0.203. The molecule has 1 atom stereocenters. The molecule has 0 saturated heterocycles. The van der Waals surface area contributed by atoms with Crippen LogP contribution in [-0.2, 0) is 0 Å². The summed E-state index contributed by atoms with van der Waals surface area (Å²) in [6, 6.07) is 17.2. The maximum Gasteiger partial charge on any atom is 0.123 e. The van der Waals surface area contributed by atoms with Crippen LogP contribution < -0.4 is 5.32 Å². The molecular weight excluding hydrogens is 237 g/mol. The number of nitrogens with one attached hydrogen (secondary N) is 1. The van der Waals surface area contributed by atoms with E-state index in [2.05, 4.69) is 43.4 Å². The molecule has 0 fully saturated rings. The Kier molecular flexibility index (Phi) is 4.56. The molecule has 0 aliphatic heterocycles. The van der Waals surface area contributed by atoms with Crippen LogP contribution in [-0.4, -0.2) is 0 Å². The zero-order chi connectivity index (χ0) is 13.7. The van der Waals surface area contributed by atoms with Gasteiger partial charge in [0, 0.05) is 5.69 Å². The second kappa shape index (κ2) is 6.37. The molecule has 0 amide bonds. The molecule has 2 aromatic rings. The van der Waals surface area contributed by atoms with E-state index in [1.54, 1.807) is 12.1 Å². The van der Waals surface area contributed by atoms with Gasteiger partial charge in [-0.3, -0.25) is 0 Å². The zero-order valence-electron chi connectivity index (χ0n) is 11.4. The first kappa shape index (κ1) is 13.6. The Morgan fingerprint density at radius 3 is 2.16 bits per heavy atom. The normalized spacial score (nSPS) is 12.4. The van der Waals surface area contributed by atoms with Crippen LogP contribution in [0.25, 0.3) is 0 Å². The minimum Gasteiger partial charge on any atom is -0.378 e. The van der Waals surface area contributed by atoms with Crippen LogP contribution in [0.15, 0.2) is 54.6 Å². The molecule has 0 radical (unpaired) electrons. The number of benzene rings is 2. The Morgan fingerprint density at radius 1 is 0.947 bits per heavy atom. The van der Waals surface area contributed by atoms with Crippen molar-refractivity contribution in [2.45, 2.75) is 26.3 Å². The Balaban J connectivity index is 2.16. The smallest absolute Gasteiger partial charge is 0.123 e. The molecule has 1 N–H and O–H groups in total. The summed E-state index contributed by atoms with van der Waals surface area (Å²) in [6.45, 7) is 4.42. The monoisotopic (exact) mass is 257 g/mol. The molecule has 0 heterocycles. The average molecular weight is 257 g/mol. The predicted octanol–water partition coefficient (Wildman–Crippen LogP) is 5.03. The summed E-state index contributed by atoms with van der Waals surface area (Å²) in [5.41, 5.74) is 2.22. The van der Waals surface area contributed by atoms with E-state index in [1.165, 1.54) is 17.7 Å². The fourth-order valence-corrected chi connectivity index (χ4v) is 2.18. The first-order chi connectivity index (χ1) is 9.15. The van der Waals surface area contributed by atoms with Gasteiger partial charge in [0.25, 0.3) is 0 Å². The lowest BCUT2D eigenvalue weighted by atomic mass is 9.97. The van der Waals surface area contributed by atoms with Crippen LogP contribution in [0.2, 0.25) is 0 Å². The molecule has 0 aliphatic carbocycles. The molecule has 1 nitrogen and oxygen atoms in total. The van der Waals surface area contributed by atoms with E-state index in [9.17, 15) is 4.39 Å². The quantitative estimate of drug-likeness (QED) is 0.792. The van der Waals surface area contributed by atoms with Gasteiger partial charge in [0.05, 0.1) is 6.04 Å². The van der Waals surface area contributed by atoms with E-state index in [1.807, 2.05) is 6.07 Å². The molecular formula is C17H20FN. The van der Waals surface area contributed by atoms with Gasteiger partial charge in [-0.15, -0.1) is 0 Å². The van der Waals surface area contributed by atoms with Crippen LogP contribution in [0.1, 0.15) is 31.9 Å². The second-order valence-electron chi connectivity index (χ2n) is 5.24. The van der Waals surface area contributed by atoms with Gasteiger partial charge >= 0.3 is 0 Å². The van der Waals surface area contributed by atoms with E-state index < -0.39 is 0 Å². The number of anilines is 1. The van der Waals surface area contributed by atoms with Crippen molar-refractivity contribution < 1.29 is 4.39 Å². The first-order valence-electron chi connectivity index (χ1n) is 6.72. The highest BCUT2D eigenvalue weighted by atomic mass is 19.1. The molecule has 2 heteroatoms. The Morgan fingerprint density at radius 2 is 1.58 bits per heavy atom. The summed E-state index contributed by atoms with van der Waals surface area (Å²) in [5.74, 6) is 0.392. The molecule has 2 aromatic carbocycles. The summed E-state index contributed by atoms with van der Waals surface area (Å²) >= 11 is 0. The molecule has 0 aromatic heterocycles. The van der Waals surface area contributed by atoms with Crippen LogP contribution in [0.3, 0.4) is 0 Å². The Bertz CT molecular complexity index is 490. The highest BCUT2D eigenvalue weighted by Gasteiger charge is 2.12. The lowest BCUT2D eigenvalue weighted by molar-refractivity contribution is 0.531. The fraction of sp³-hybridized carbons (Fsp3) is 0.294. The van der Waals surface area contributed by atoms with Gasteiger partial charge < -0.3 is 5.32 Å². The van der Waals surface area contributed by atoms with E-state index >= 15 is 0 Å². The Labute approximate surface area is 114 Å². The number of halogens is 1. The predicted molar refractivity (Wildman–Crippen MR) is 78.7 cm³/mol. The number of rotatable bonds is 5. The van der Waals surface area contributed by atoms with Crippen LogP contribution in [0.4, 0.5) is 10.1 Å². The van der Waals surface area contributed by atoms with E-state index in [0.29, 0.717) is 5.92 Å². The molecule has 0 aliphatic rings. The lowest BCUT2D eigenvalue weighted by Crippen LogP contribution is -2.13. The summed E-state index contributed by atoms with van der Waals surface area (Å²) < 4.78 is 12.9. The van der Waals surface area contributed by atoms with Crippen LogP contribution >= 0.6 is 0 Å². The summed E-state index contributed by atoms with van der Waals surface area (Å²) in [7, 11) is 0. The van der Waals surface area contributed by atoms with Crippen molar-refractivity contribution >= 4 is 5.69 Å². The molecule has 19 heavy (non-hydrogen) atoms. The molecule has 100 valence electrons. The van der Waals surface area contributed by atoms with Crippen molar-refractivity contribution in [1.82, 2.24) is 0 Å². The van der Waals surface area contributed by atoms with Crippen molar-refractivity contribution in [1.29, 1.82) is 0 Å². The second-order valence-corrected chi connectivity index (χ2v) is 5.24. The average Bonchev–Trinajstić information content (AvgIpc) is 2.41. The molecule has 1 unspecified atom stereocenters. The summed E-state index contributed by atoms with van der Waals surface area (Å²) in [4.78, 5) is 0. The van der Waals surface area contributed by atoms with E-state index in [4.69, 9.17) is 0 Å². The highest BCUT2D eigenvalue weighted by Crippen LogP contribution is 2.25. The zero-order valence-corrected chi connectivity index (χ0v) is 11.4. The third kappa shape index (κ3) is 4.09. The first-order valence-corrected chi connectivity index (χ1v) is 6.72. The van der Waals surface area contributed by atoms with E-state index in [-0.39, 0.29) is 11.9 Å². The molecule has 0 bridgehead atoms. The van der Waals surface area contributed by atoms with Gasteiger partial charge in [-0.25, -0.2) is 4.39 Å². The third-order valence-corrected chi connectivity index (χ3v) is 3.09. The van der Waals surface area contributed by atoms with Crippen molar-refractivity contribution in [2.75, 3.05) is 5.32 Å². The lowest BCUT2D eigenvalue weighted by Gasteiger charge is -2.22. The van der Waals surface area contributed by atoms with E-state index in [0.717, 1.165) is 12.1 Å². The maximum absolute atomic E-state index is 12.9. The SMILES string of the molecule is CC(C)CC(Nc1ccc(F)cc1)c1ccccc1. The van der Waals surface area contributed by atoms with Crippen LogP contribution in [0.5, 0.6) is 0 Å². The number of hydrogen-bond donors (Lipinski definition) is 1. The van der Waals surface area contributed by atoms with Crippen LogP contribution in [0, 0.1) is 11.7 Å².